The monoisotopic (exact) mass is 424 g/mol. The van der Waals surface area contributed by atoms with Crippen LogP contribution in [0.5, 0.6) is 0 Å². The van der Waals surface area contributed by atoms with Crippen molar-refractivity contribution in [3.63, 3.8) is 0 Å². The lowest BCUT2D eigenvalue weighted by Gasteiger charge is -2.06. The molecule has 8 nitrogen and oxygen atoms in total. The molecule has 30 heavy (non-hydrogen) atoms. The van der Waals surface area contributed by atoms with Crippen LogP contribution in [0.4, 0.5) is 0 Å². The normalized spacial score (nSPS) is 11.5. The van der Waals surface area contributed by atoms with E-state index in [1.54, 1.807) is 0 Å². The second kappa shape index (κ2) is 9.22. The van der Waals surface area contributed by atoms with Gasteiger partial charge < -0.3 is 14.0 Å². The lowest BCUT2D eigenvalue weighted by molar-refractivity contribution is -0.697. The summed E-state index contributed by atoms with van der Waals surface area (Å²) in [5.74, 6) is 0. The highest BCUT2D eigenvalue weighted by molar-refractivity contribution is 6.32. The highest BCUT2D eigenvalue weighted by Crippen LogP contribution is 2.33. The van der Waals surface area contributed by atoms with Gasteiger partial charge in [-0.3, -0.25) is 0 Å². The number of aryl methyl sites for hydroxylation is 1. The van der Waals surface area contributed by atoms with Gasteiger partial charge in [-0.25, -0.2) is 13.8 Å². The van der Waals surface area contributed by atoms with E-state index in [1.165, 1.54) is 0 Å². The molecule has 0 saturated carbocycles. The predicted octanol–water partition coefficient (Wildman–Crippen LogP) is 1.26. The summed E-state index contributed by atoms with van der Waals surface area (Å²) < 4.78 is 14.0. The molecular formula is C21H24N4O4Si+2. The van der Waals surface area contributed by atoms with Crippen LogP contribution in [0.25, 0.3) is 33.3 Å². The van der Waals surface area contributed by atoms with Crippen molar-refractivity contribution in [2.24, 2.45) is 0 Å². The van der Waals surface area contributed by atoms with Crippen LogP contribution in [0.3, 0.4) is 0 Å². The Labute approximate surface area is 175 Å². The summed E-state index contributed by atoms with van der Waals surface area (Å²) in [6.07, 6.45) is 9.07. The molecule has 0 aliphatic rings. The minimum absolute atomic E-state index is 0.259. The number of hydrogen-bond donors (Lipinski definition) is 2. The molecule has 0 atom stereocenters. The molecule has 0 aliphatic carbocycles. The molecule has 0 spiro atoms. The van der Waals surface area contributed by atoms with Gasteiger partial charge in [0, 0.05) is 41.8 Å². The van der Waals surface area contributed by atoms with Gasteiger partial charge in [0.25, 0.3) is 0 Å². The molecular weight excluding hydrogens is 400 g/mol. The quantitative estimate of drug-likeness (QED) is 0.327. The van der Waals surface area contributed by atoms with Gasteiger partial charge in [0.05, 0.1) is 6.61 Å². The lowest BCUT2D eigenvalue weighted by Crippen LogP contribution is -2.36. The van der Waals surface area contributed by atoms with Crippen LogP contribution in [0, 0.1) is 0 Å². The van der Waals surface area contributed by atoms with Gasteiger partial charge in [-0.2, -0.15) is 0 Å². The maximum Gasteiger partial charge on any atom is 0.478 e. The molecule has 1 aromatic carbocycles. The fourth-order valence-corrected chi connectivity index (χ4v) is 3.74. The van der Waals surface area contributed by atoms with Gasteiger partial charge in [0.2, 0.25) is 0 Å². The number of rotatable bonds is 8. The Morgan fingerprint density at radius 2 is 1.33 bits per heavy atom. The maximum absolute atomic E-state index is 8.89. The summed E-state index contributed by atoms with van der Waals surface area (Å²) in [5, 5.41) is 8.31. The second-order valence-corrected chi connectivity index (χ2v) is 7.95. The molecule has 0 amide bonds. The Balaban J connectivity index is 1.61. The first-order valence-corrected chi connectivity index (χ1v) is 11.4. The Morgan fingerprint density at radius 1 is 0.833 bits per heavy atom. The average molecular weight is 425 g/mol. The van der Waals surface area contributed by atoms with Gasteiger partial charge in [-0.1, -0.05) is 19.1 Å². The van der Waals surface area contributed by atoms with Crippen LogP contribution >= 0.6 is 0 Å². The highest BCUT2D eigenvalue weighted by Gasteiger charge is 2.16. The smallest absolute Gasteiger partial charge is 0.392 e. The van der Waals surface area contributed by atoms with Crippen LogP contribution in [0.15, 0.2) is 65.8 Å². The van der Waals surface area contributed by atoms with E-state index in [-0.39, 0.29) is 6.61 Å². The van der Waals surface area contributed by atoms with Crippen molar-refractivity contribution >= 4 is 20.6 Å². The minimum atomic E-state index is -2.97. The third-order valence-corrected chi connectivity index (χ3v) is 5.45. The van der Waals surface area contributed by atoms with E-state index in [1.807, 2.05) is 41.2 Å². The van der Waals surface area contributed by atoms with Crippen molar-refractivity contribution in [3.8, 4) is 22.3 Å². The summed E-state index contributed by atoms with van der Waals surface area (Å²) in [4.78, 5) is 17.8. The van der Waals surface area contributed by atoms with E-state index in [4.69, 9.17) is 18.6 Å². The fourth-order valence-electron chi connectivity index (χ4n) is 3.43. The molecule has 0 bridgehead atoms. The van der Waals surface area contributed by atoms with Crippen LogP contribution in [-0.2, 0) is 17.5 Å². The van der Waals surface area contributed by atoms with Crippen LogP contribution < -0.4 is 9.13 Å². The summed E-state index contributed by atoms with van der Waals surface area (Å²) in [6, 6.07) is 12.2. The molecule has 0 fully saturated rings. The first-order valence-electron chi connectivity index (χ1n) is 9.87. The second-order valence-electron chi connectivity index (χ2n) is 6.97. The third-order valence-electron chi connectivity index (χ3n) is 4.92. The van der Waals surface area contributed by atoms with Crippen molar-refractivity contribution in [3.05, 3.63) is 61.2 Å². The van der Waals surface area contributed by atoms with Crippen molar-refractivity contribution in [2.75, 3.05) is 6.61 Å². The molecule has 0 radical (unpaired) electrons. The van der Waals surface area contributed by atoms with Crippen LogP contribution in [-0.4, -0.2) is 36.0 Å². The molecule has 0 saturated heterocycles. The van der Waals surface area contributed by atoms with E-state index in [0.29, 0.717) is 12.1 Å². The molecule has 9 heteroatoms. The van der Waals surface area contributed by atoms with Crippen molar-refractivity contribution < 1.29 is 27.8 Å². The molecule has 4 rings (SSSR count). The highest BCUT2D eigenvalue weighted by atomic mass is 28.3. The Morgan fingerprint density at radius 3 is 1.80 bits per heavy atom. The standard InChI is InChI=1S/C21H24N4O4Si/c1-2-9-24-10-5-16(6-11-24)18-3-4-19(21-20(18)22-29-23-21)17-7-12-25(13-8-17)14-15-28-30(26)27/h3-8,10-13,26-27,30H,2,9,14-15H2,1H3/q+2. The minimum Gasteiger partial charge on any atom is -0.392 e. The number of nitrogens with zero attached hydrogens (tertiary/aromatic N) is 4. The van der Waals surface area contributed by atoms with Crippen molar-refractivity contribution in [1.29, 1.82) is 0 Å². The van der Waals surface area contributed by atoms with Gasteiger partial charge in [0.15, 0.2) is 31.3 Å². The van der Waals surface area contributed by atoms with E-state index < -0.39 is 9.53 Å². The van der Waals surface area contributed by atoms with Crippen molar-refractivity contribution in [1.82, 2.24) is 10.3 Å². The fraction of sp³-hybridized carbons (Fsp3) is 0.238. The molecule has 3 heterocycles. The zero-order chi connectivity index (χ0) is 20.9. The first-order chi connectivity index (χ1) is 14.7. The third kappa shape index (κ3) is 4.44. The summed E-state index contributed by atoms with van der Waals surface area (Å²) in [6.45, 7) is 3.94. The summed E-state index contributed by atoms with van der Waals surface area (Å²) in [5.41, 5.74) is 5.42. The number of fused-ring (bicyclic) bond motifs is 1. The van der Waals surface area contributed by atoms with Gasteiger partial charge in [0.1, 0.15) is 17.6 Å². The predicted molar refractivity (Wildman–Crippen MR) is 111 cm³/mol. The molecule has 4 aromatic rings. The molecule has 3 aromatic heterocycles. The Hall–Kier alpha value is -2.98. The average Bonchev–Trinajstić information content (AvgIpc) is 3.24. The number of benzene rings is 1. The largest absolute Gasteiger partial charge is 0.478 e. The molecule has 0 unspecified atom stereocenters. The summed E-state index contributed by atoms with van der Waals surface area (Å²) in [7, 11) is -2.97. The van der Waals surface area contributed by atoms with E-state index >= 15 is 0 Å². The zero-order valence-electron chi connectivity index (χ0n) is 16.7. The zero-order valence-corrected chi connectivity index (χ0v) is 17.8. The summed E-state index contributed by atoms with van der Waals surface area (Å²) >= 11 is 0. The number of hydrogen-bond acceptors (Lipinski definition) is 6. The Kier molecular flexibility index (Phi) is 6.24. The number of aromatic nitrogens is 4. The molecule has 154 valence electrons. The first kappa shape index (κ1) is 20.3. The van der Waals surface area contributed by atoms with Crippen molar-refractivity contribution in [2.45, 2.75) is 26.4 Å². The Bertz CT molecular complexity index is 1110. The lowest BCUT2D eigenvalue weighted by atomic mass is 9.99. The topological polar surface area (TPSA) is 96.4 Å². The maximum atomic E-state index is 8.89. The van der Waals surface area contributed by atoms with E-state index in [2.05, 4.69) is 46.3 Å². The molecule has 0 aliphatic heterocycles. The van der Waals surface area contributed by atoms with E-state index in [0.717, 1.165) is 40.7 Å². The van der Waals surface area contributed by atoms with Crippen LogP contribution in [0.2, 0.25) is 0 Å². The number of pyridine rings is 2. The van der Waals surface area contributed by atoms with E-state index in [9.17, 15) is 0 Å². The SMILES string of the molecule is CCC[n+]1ccc(-c2ccc(-c3cc[n+](CCO[SiH](O)O)cc3)c3nonc23)cc1. The van der Waals surface area contributed by atoms with Gasteiger partial charge in [-0.15, -0.1) is 0 Å². The van der Waals surface area contributed by atoms with Gasteiger partial charge in [-0.05, 0) is 21.4 Å². The van der Waals surface area contributed by atoms with Gasteiger partial charge >= 0.3 is 9.53 Å². The molecule has 2 N–H and O–H groups in total. The van der Waals surface area contributed by atoms with Crippen LogP contribution in [0.1, 0.15) is 13.3 Å².